The van der Waals surface area contributed by atoms with Crippen LogP contribution in [0.5, 0.6) is 0 Å². The molecule has 0 spiro atoms. The van der Waals surface area contributed by atoms with Crippen LogP contribution in [0.25, 0.3) is 0 Å². The maximum Gasteiger partial charge on any atom is 0.190 e. The number of ether oxygens (including phenoxy) is 4. The number of benzene rings is 2. The first-order chi connectivity index (χ1) is 15.4. The van der Waals surface area contributed by atoms with E-state index < -0.39 is 48.6 Å². The van der Waals surface area contributed by atoms with Crippen LogP contribution in [-0.2, 0) is 32.1 Å². The lowest BCUT2D eigenvalue weighted by Gasteiger charge is -2.35. The van der Waals surface area contributed by atoms with Gasteiger partial charge in [-0.3, -0.25) is 4.90 Å². The molecule has 0 amide bonds. The molecule has 7 heteroatoms. The van der Waals surface area contributed by atoms with Crippen LogP contribution < -0.4 is 0 Å². The Bertz CT molecular complexity index is 894. The fraction of sp³-hybridized carbons (Fsp3) is 0.520. The van der Waals surface area contributed by atoms with E-state index in [1.807, 2.05) is 74.5 Å². The molecule has 7 atom stereocenters. The van der Waals surface area contributed by atoms with Gasteiger partial charge in [-0.15, -0.1) is 0 Å². The van der Waals surface area contributed by atoms with Crippen molar-refractivity contribution in [2.24, 2.45) is 0 Å². The smallest absolute Gasteiger partial charge is 0.190 e. The number of β-amino-alcohol motifs (C(OH)–C–C–N with tert-alkyl or cyclic N) is 1. The van der Waals surface area contributed by atoms with Crippen LogP contribution in [0.3, 0.4) is 0 Å². The summed E-state index contributed by atoms with van der Waals surface area (Å²) in [6.45, 7) is 5.05. The number of hydrogen-bond donors (Lipinski definition) is 2. The molecule has 0 unspecified atom stereocenters. The molecule has 5 rings (SSSR count). The van der Waals surface area contributed by atoms with Gasteiger partial charge in [0.2, 0.25) is 0 Å². The van der Waals surface area contributed by atoms with Gasteiger partial charge < -0.3 is 29.2 Å². The molecule has 2 aromatic rings. The molecule has 0 aliphatic carbocycles. The summed E-state index contributed by atoms with van der Waals surface area (Å²) in [7, 11) is 0. The quantitative estimate of drug-likeness (QED) is 0.710. The minimum Gasteiger partial charge on any atom is -0.389 e. The second-order valence-electron chi connectivity index (χ2n) is 9.29. The number of fused-ring (bicyclic) bond motifs is 1. The predicted octanol–water partition coefficient (Wildman–Crippen LogP) is 2.05. The van der Waals surface area contributed by atoms with Gasteiger partial charge >= 0.3 is 0 Å². The first-order valence-corrected chi connectivity index (χ1v) is 11.2. The van der Waals surface area contributed by atoms with Gasteiger partial charge in [0.15, 0.2) is 12.1 Å². The minimum absolute atomic E-state index is 0.356. The predicted molar refractivity (Wildman–Crippen MR) is 116 cm³/mol. The second-order valence-corrected chi connectivity index (χ2v) is 9.29. The van der Waals surface area contributed by atoms with E-state index in [0.717, 1.165) is 11.1 Å². The van der Waals surface area contributed by atoms with Crippen molar-refractivity contribution in [1.82, 2.24) is 4.90 Å². The van der Waals surface area contributed by atoms with Crippen LogP contribution in [0.15, 0.2) is 60.7 Å². The number of rotatable bonds is 6. The van der Waals surface area contributed by atoms with Crippen molar-refractivity contribution in [2.75, 3.05) is 6.54 Å². The normalized spacial score (nSPS) is 36.4. The third kappa shape index (κ3) is 4.34. The molecule has 0 radical (unpaired) electrons. The first-order valence-electron chi connectivity index (χ1n) is 11.2. The molecular formula is C25H31NO6. The van der Waals surface area contributed by atoms with Gasteiger partial charge in [-0.25, -0.2) is 0 Å². The van der Waals surface area contributed by atoms with Gasteiger partial charge in [0.25, 0.3) is 0 Å². The highest BCUT2D eigenvalue weighted by Gasteiger charge is 2.60. The summed E-state index contributed by atoms with van der Waals surface area (Å²) in [6.07, 6.45) is -3.79. The number of nitrogens with zero attached hydrogens (tertiary/aromatic N) is 1. The van der Waals surface area contributed by atoms with Gasteiger partial charge in [-0.05, 0) is 25.0 Å². The fourth-order valence-corrected chi connectivity index (χ4v) is 5.04. The maximum absolute atomic E-state index is 10.9. The number of aliphatic hydroxyl groups excluding tert-OH is 2. The highest BCUT2D eigenvalue weighted by Crippen LogP contribution is 2.42. The molecule has 172 valence electrons. The summed E-state index contributed by atoms with van der Waals surface area (Å²) >= 11 is 0. The van der Waals surface area contributed by atoms with E-state index in [2.05, 4.69) is 4.90 Å². The number of likely N-dealkylation sites (tertiary alicyclic amines) is 1. The van der Waals surface area contributed by atoms with Crippen LogP contribution >= 0.6 is 0 Å². The Morgan fingerprint density at radius 3 is 2.28 bits per heavy atom. The van der Waals surface area contributed by atoms with Crippen molar-refractivity contribution < 1.29 is 29.2 Å². The van der Waals surface area contributed by atoms with Crippen LogP contribution in [-0.4, -0.2) is 70.3 Å². The van der Waals surface area contributed by atoms with Crippen molar-refractivity contribution in [3.8, 4) is 0 Å². The molecule has 3 saturated heterocycles. The summed E-state index contributed by atoms with van der Waals surface area (Å²) < 4.78 is 24.8. The van der Waals surface area contributed by atoms with Crippen molar-refractivity contribution in [1.29, 1.82) is 0 Å². The van der Waals surface area contributed by atoms with E-state index in [9.17, 15) is 10.2 Å². The van der Waals surface area contributed by atoms with E-state index in [1.54, 1.807) is 0 Å². The zero-order chi connectivity index (χ0) is 22.3. The molecule has 3 aliphatic heterocycles. The Kier molecular flexibility index (Phi) is 6.07. The van der Waals surface area contributed by atoms with Crippen LogP contribution in [0.1, 0.15) is 25.0 Å². The Balaban J connectivity index is 1.39. The molecule has 3 aliphatic rings. The van der Waals surface area contributed by atoms with E-state index >= 15 is 0 Å². The molecule has 0 bridgehead atoms. The fourth-order valence-electron chi connectivity index (χ4n) is 5.04. The first kappa shape index (κ1) is 22.0. The van der Waals surface area contributed by atoms with E-state index in [0.29, 0.717) is 19.7 Å². The highest BCUT2D eigenvalue weighted by atomic mass is 16.8. The van der Waals surface area contributed by atoms with Crippen LogP contribution in [0, 0.1) is 0 Å². The lowest BCUT2D eigenvalue weighted by molar-refractivity contribution is -0.228. The lowest BCUT2D eigenvalue weighted by Crippen LogP contribution is -2.52. The van der Waals surface area contributed by atoms with E-state index in [4.69, 9.17) is 18.9 Å². The molecule has 3 fully saturated rings. The van der Waals surface area contributed by atoms with Crippen molar-refractivity contribution in [2.45, 2.75) is 75.6 Å². The van der Waals surface area contributed by atoms with Gasteiger partial charge in [0.1, 0.15) is 18.3 Å². The maximum atomic E-state index is 10.9. The summed E-state index contributed by atoms with van der Waals surface area (Å²) in [5, 5.41) is 21.4. The third-order valence-corrected chi connectivity index (χ3v) is 6.46. The summed E-state index contributed by atoms with van der Waals surface area (Å²) in [4.78, 5) is 2.07. The SMILES string of the molecule is CC1(C)O[C@H]2O[C@H]([C@H]3[C@H](O)[C@H](O)CN3Cc3ccccc3)[C@H](OCc3ccccc3)[C@H]2O1. The van der Waals surface area contributed by atoms with Crippen LogP contribution in [0.4, 0.5) is 0 Å². The van der Waals surface area contributed by atoms with Crippen LogP contribution in [0.2, 0.25) is 0 Å². The second kappa shape index (κ2) is 8.83. The Morgan fingerprint density at radius 1 is 0.938 bits per heavy atom. The molecule has 3 heterocycles. The molecule has 7 nitrogen and oxygen atoms in total. The average Bonchev–Trinajstić information content (AvgIpc) is 3.34. The van der Waals surface area contributed by atoms with Gasteiger partial charge in [0.05, 0.1) is 24.9 Å². The van der Waals surface area contributed by atoms with Crippen molar-refractivity contribution >= 4 is 0 Å². The molecule has 2 N–H and O–H groups in total. The summed E-state index contributed by atoms with van der Waals surface area (Å²) in [5.41, 5.74) is 2.15. The van der Waals surface area contributed by atoms with Crippen molar-refractivity contribution in [3.63, 3.8) is 0 Å². The molecule has 32 heavy (non-hydrogen) atoms. The Morgan fingerprint density at radius 2 is 1.59 bits per heavy atom. The summed E-state index contributed by atoms with van der Waals surface area (Å²) in [6, 6.07) is 19.5. The number of hydrogen-bond acceptors (Lipinski definition) is 7. The Labute approximate surface area is 188 Å². The topological polar surface area (TPSA) is 80.6 Å². The largest absolute Gasteiger partial charge is 0.389 e. The van der Waals surface area contributed by atoms with E-state index in [1.165, 1.54) is 0 Å². The lowest BCUT2D eigenvalue weighted by atomic mass is 9.98. The summed E-state index contributed by atoms with van der Waals surface area (Å²) in [5.74, 6) is -0.772. The average molecular weight is 442 g/mol. The minimum atomic E-state index is -0.960. The molecule has 2 aromatic carbocycles. The van der Waals surface area contributed by atoms with Gasteiger partial charge in [-0.1, -0.05) is 60.7 Å². The third-order valence-electron chi connectivity index (χ3n) is 6.46. The number of aliphatic hydroxyl groups is 2. The van der Waals surface area contributed by atoms with E-state index in [-0.39, 0.29) is 0 Å². The van der Waals surface area contributed by atoms with Gasteiger partial charge in [-0.2, -0.15) is 0 Å². The zero-order valence-corrected chi connectivity index (χ0v) is 18.4. The monoisotopic (exact) mass is 441 g/mol. The van der Waals surface area contributed by atoms with Crippen molar-refractivity contribution in [3.05, 3.63) is 71.8 Å². The van der Waals surface area contributed by atoms with Gasteiger partial charge in [0, 0.05) is 13.1 Å². The molecule has 0 aromatic heterocycles. The standard InChI is InChI=1S/C25H31NO6/c1-25(2)31-23-22(29-15-17-11-7-4-8-12-17)21(30-24(23)32-25)19-20(28)18(27)14-26(19)13-16-9-5-3-6-10-16/h3-12,18-24,27-28H,13-15H2,1-2H3/t18-,19-,20-,21-,22+,23-,24-/m1/s1. The highest BCUT2D eigenvalue weighted by molar-refractivity contribution is 5.17. The zero-order valence-electron chi connectivity index (χ0n) is 18.4. The Hall–Kier alpha value is -1.84. The molecule has 0 saturated carbocycles. The molecular weight excluding hydrogens is 410 g/mol.